The van der Waals surface area contributed by atoms with Crippen LogP contribution in [0.25, 0.3) is 0 Å². The second-order valence-electron chi connectivity index (χ2n) is 5.78. The van der Waals surface area contributed by atoms with Gasteiger partial charge in [-0.3, -0.25) is 14.8 Å². The minimum Gasteiger partial charge on any atom is -0.353 e. The topological polar surface area (TPSA) is 69.6 Å². The van der Waals surface area contributed by atoms with Crippen molar-refractivity contribution < 1.29 is 4.79 Å². The third kappa shape index (κ3) is 6.72. The van der Waals surface area contributed by atoms with Gasteiger partial charge in [-0.1, -0.05) is 13.0 Å². The Bertz CT molecular complexity index is 522. The van der Waals surface area contributed by atoms with Crippen molar-refractivity contribution >= 4 is 35.8 Å². The summed E-state index contributed by atoms with van der Waals surface area (Å²) in [6.07, 6.45) is 3.70. The van der Waals surface area contributed by atoms with E-state index in [1.165, 1.54) is 6.42 Å². The molecule has 2 N–H and O–H groups in total. The molecule has 1 heterocycles. The second-order valence-corrected chi connectivity index (χ2v) is 5.78. The van der Waals surface area contributed by atoms with Crippen molar-refractivity contribution in [3.05, 3.63) is 30.1 Å². The highest BCUT2D eigenvalue weighted by atomic mass is 127. The summed E-state index contributed by atoms with van der Waals surface area (Å²) in [5.74, 6) is 1.43. The molecule has 1 aliphatic rings. The monoisotopic (exact) mass is 431 g/mol. The molecule has 2 rings (SSSR count). The average molecular weight is 431 g/mol. The summed E-state index contributed by atoms with van der Waals surface area (Å²) < 4.78 is 0. The van der Waals surface area contributed by atoms with E-state index in [9.17, 15) is 4.79 Å². The summed E-state index contributed by atoms with van der Waals surface area (Å²) in [5, 5.41) is 6.37. The van der Waals surface area contributed by atoms with Crippen molar-refractivity contribution in [1.82, 2.24) is 20.5 Å². The maximum Gasteiger partial charge on any atom is 0.241 e. The van der Waals surface area contributed by atoms with Gasteiger partial charge in [-0.05, 0) is 24.5 Å². The first-order valence-electron chi connectivity index (χ1n) is 7.71. The minimum absolute atomic E-state index is 0. The molecular weight excluding hydrogens is 405 g/mol. The number of pyridine rings is 1. The van der Waals surface area contributed by atoms with Crippen molar-refractivity contribution in [2.75, 3.05) is 27.2 Å². The number of nitrogens with one attached hydrogen (secondary N) is 2. The summed E-state index contributed by atoms with van der Waals surface area (Å²) in [4.78, 5) is 22.2. The number of aromatic nitrogens is 1. The second kappa shape index (κ2) is 9.69. The number of aliphatic imine (C=N–C) groups is 1. The molecule has 0 aliphatic heterocycles. The van der Waals surface area contributed by atoms with E-state index in [1.807, 2.05) is 25.2 Å². The van der Waals surface area contributed by atoms with Gasteiger partial charge >= 0.3 is 0 Å². The third-order valence-electron chi connectivity index (χ3n) is 3.92. The van der Waals surface area contributed by atoms with E-state index in [4.69, 9.17) is 0 Å². The van der Waals surface area contributed by atoms with Crippen molar-refractivity contribution in [1.29, 1.82) is 0 Å². The maximum absolute atomic E-state index is 12.1. The van der Waals surface area contributed by atoms with E-state index in [0.29, 0.717) is 24.5 Å². The molecule has 0 bridgehead atoms. The number of carbonyl (C=O) groups excluding carboxylic acids is 1. The van der Waals surface area contributed by atoms with Gasteiger partial charge in [0.15, 0.2) is 5.96 Å². The molecular formula is C16H26IN5O. The lowest BCUT2D eigenvalue weighted by Gasteiger charge is -2.18. The van der Waals surface area contributed by atoms with E-state index < -0.39 is 0 Å². The van der Waals surface area contributed by atoms with Crippen molar-refractivity contribution in [2.45, 2.75) is 25.8 Å². The molecule has 0 radical (unpaired) electrons. The molecule has 128 valence electrons. The quantitative estimate of drug-likeness (QED) is 0.405. The highest BCUT2D eigenvalue weighted by Crippen LogP contribution is 2.28. The first kappa shape index (κ1) is 19.7. The molecule has 0 aromatic carbocycles. The zero-order valence-electron chi connectivity index (χ0n) is 14.0. The first-order valence-corrected chi connectivity index (χ1v) is 7.71. The molecule has 2 atom stereocenters. The predicted molar refractivity (Wildman–Crippen MR) is 103 cm³/mol. The average Bonchev–Trinajstić information content (AvgIpc) is 3.24. The van der Waals surface area contributed by atoms with Gasteiger partial charge in [-0.2, -0.15) is 0 Å². The van der Waals surface area contributed by atoms with Gasteiger partial charge in [-0.15, -0.1) is 24.0 Å². The molecule has 1 saturated carbocycles. The van der Waals surface area contributed by atoms with Gasteiger partial charge in [0.1, 0.15) is 0 Å². The summed E-state index contributed by atoms with van der Waals surface area (Å²) >= 11 is 0. The minimum atomic E-state index is 0. The zero-order valence-corrected chi connectivity index (χ0v) is 16.3. The highest BCUT2D eigenvalue weighted by Gasteiger charge is 2.33. The van der Waals surface area contributed by atoms with Gasteiger partial charge in [0.2, 0.25) is 5.91 Å². The number of guanidine groups is 1. The van der Waals surface area contributed by atoms with Crippen LogP contribution < -0.4 is 10.6 Å². The van der Waals surface area contributed by atoms with E-state index in [0.717, 1.165) is 12.1 Å². The lowest BCUT2D eigenvalue weighted by Crippen LogP contribution is -2.44. The Morgan fingerprint density at radius 3 is 2.78 bits per heavy atom. The van der Waals surface area contributed by atoms with E-state index in [2.05, 4.69) is 27.5 Å². The highest BCUT2D eigenvalue weighted by molar-refractivity contribution is 14.0. The Balaban J connectivity index is 0.00000264. The summed E-state index contributed by atoms with van der Waals surface area (Å²) in [6.45, 7) is 3.10. The number of hydrogen-bond donors (Lipinski definition) is 2. The number of halogens is 1. The molecule has 6 nitrogen and oxygen atoms in total. The number of amides is 1. The standard InChI is InChI=1S/C16H25N5O.HI/c1-12-10-14(12)20-16(17-2)19-11-15(22)21(3)9-7-13-6-4-5-8-18-13;/h4-6,8,12,14H,7,9-11H2,1-3H3,(H2,17,19,20);1H. The molecule has 0 spiro atoms. The SMILES string of the molecule is CN=C(NCC(=O)N(C)CCc1ccccn1)NC1CC1C.I. The summed E-state index contributed by atoms with van der Waals surface area (Å²) in [6, 6.07) is 6.31. The van der Waals surface area contributed by atoms with Crippen LogP contribution in [0.4, 0.5) is 0 Å². The fourth-order valence-corrected chi connectivity index (χ4v) is 2.14. The largest absolute Gasteiger partial charge is 0.353 e. The summed E-state index contributed by atoms with van der Waals surface area (Å²) in [5.41, 5.74) is 0.996. The van der Waals surface area contributed by atoms with E-state index in [1.54, 1.807) is 18.1 Å². The Labute approximate surface area is 155 Å². The van der Waals surface area contributed by atoms with Crippen LogP contribution >= 0.6 is 24.0 Å². The number of carbonyl (C=O) groups is 1. The van der Waals surface area contributed by atoms with Crippen LogP contribution in [-0.4, -0.2) is 55.0 Å². The van der Waals surface area contributed by atoms with Crippen LogP contribution in [0.15, 0.2) is 29.4 Å². The summed E-state index contributed by atoms with van der Waals surface area (Å²) in [7, 11) is 3.53. The normalized spacial score (nSPS) is 19.5. The van der Waals surface area contributed by atoms with Crippen LogP contribution in [-0.2, 0) is 11.2 Å². The van der Waals surface area contributed by atoms with Gasteiger partial charge < -0.3 is 15.5 Å². The molecule has 2 unspecified atom stereocenters. The predicted octanol–water partition coefficient (Wildman–Crippen LogP) is 1.27. The zero-order chi connectivity index (χ0) is 15.9. The van der Waals surface area contributed by atoms with Gasteiger partial charge in [0.05, 0.1) is 6.54 Å². The Hall–Kier alpha value is -1.38. The van der Waals surface area contributed by atoms with Crippen molar-refractivity contribution in [3.63, 3.8) is 0 Å². The Morgan fingerprint density at radius 1 is 1.48 bits per heavy atom. The van der Waals surface area contributed by atoms with Crippen molar-refractivity contribution in [3.8, 4) is 0 Å². The Kier molecular flexibility index (Phi) is 8.29. The molecule has 1 aromatic rings. The number of hydrogen-bond acceptors (Lipinski definition) is 3. The smallest absolute Gasteiger partial charge is 0.241 e. The van der Waals surface area contributed by atoms with Gasteiger partial charge in [0.25, 0.3) is 0 Å². The van der Waals surface area contributed by atoms with Crippen LogP contribution in [0.2, 0.25) is 0 Å². The van der Waals surface area contributed by atoms with Gasteiger partial charge in [-0.25, -0.2) is 0 Å². The van der Waals surface area contributed by atoms with Gasteiger partial charge in [0, 0.05) is 45.0 Å². The molecule has 1 aromatic heterocycles. The Morgan fingerprint density at radius 2 is 2.22 bits per heavy atom. The fraction of sp³-hybridized carbons (Fsp3) is 0.562. The van der Waals surface area contributed by atoms with Crippen LogP contribution in [0, 0.1) is 5.92 Å². The van der Waals surface area contributed by atoms with Crippen molar-refractivity contribution in [2.24, 2.45) is 10.9 Å². The molecule has 1 fully saturated rings. The third-order valence-corrected chi connectivity index (χ3v) is 3.92. The molecule has 7 heteroatoms. The van der Waals surface area contributed by atoms with E-state index in [-0.39, 0.29) is 36.4 Å². The number of rotatable bonds is 6. The number of nitrogens with zero attached hydrogens (tertiary/aromatic N) is 3. The maximum atomic E-state index is 12.1. The molecule has 1 aliphatic carbocycles. The fourth-order valence-electron chi connectivity index (χ4n) is 2.14. The molecule has 1 amide bonds. The van der Waals surface area contributed by atoms with Crippen LogP contribution in [0.3, 0.4) is 0 Å². The van der Waals surface area contributed by atoms with Crippen LogP contribution in [0.1, 0.15) is 19.0 Å². The van der Waals surface area contributed by atoms with Crippen LogP contribution in [0.5, 0.6) is 0 Å². The molecule has 0 saturated heterocycles. The van der Waals surface area contributed by atoms with E-state index >= 15 is 0 Å². The lowest BCUT2D eigenvalue weighted by atomic mass is 10.2. The number of likely N-dealkylation sites (N-methyl/N-ethyl adjacent to an activating group) is 1. The lowest BCUT2D eigenvalue weighted by molar-refractivity contribution is -0.128. The first-order chi connectivity index (χ1) is 10.6. The molecule has 23 heavy (non-hydrogen) atoms.